The number of benzene rings is 1. The summed E-state index contributed by atoms with van der Waals surface area (Å²) in [5.74, 6) is 0. The van der Waals surface area contributed by atoms with Crippen molar-refractivity contribution in [2.45, 2.75) is 31.5 Å². The molecule has 2 nitrogen and oxygen atoms in total. The van der Waals surface area contributed by atoms with E-state index in [9.17, 15) is 0 Å². The molecule has 16 heavy (non-hydrogen) atoms. The van der Waals surface area contributed by atoms with E-state index in [0.29, 0.717) is 0 Å². The zero-order valence-electron chi connectivity index (χ0n) is 9.26. The van der Waals surface area contributed by atoms with E-state index in [4.69, 9.17) is 16.3 Å². The summed E-state index contributed by atoms with van der Waals surface area (Å²) in [5, 5.41) is 4.25. The van der Waals surface area contributed by atoms with E-state index in [2.05, 4.69) is 11.4 Å². The van der Waals surface area contributed by atoms with Crippen molar-refractivity contribution in [3.05, 3.63) is 34.3 Å². The highest BCUT2D eigenvalue weighted by Gasteiger charge is 2.39. The summed E-state index contributed by atoms with van der Waals surface area (Å²) >= 11 is 6.02. The maximum Gasteiger partial charge on any atom is 0.0951 e. The van der Waals surface area contributed by atoms with E-state index >= 15 is 0 Å². The summed E-state index contributed by atoms with van der Waals surface area (Å²) < 4.78 is 6.09. The lowest BCUT2D eigenvalue weighted by molar-refractivity contribution is -0.0469. The van der Waals surface area contributed by atoms with Gasteiger partial charge in [-0.05, 0) is 55.6 Å². The van der Waals surface area contributed by atoms with E-state index in [1.54, 1.807) is 0 Å². The predicted octanol–water partition coefficient (Wildman–Crippen LogP) is 2.84. The fourth-order valence-electron chi connectivity index (χ4n) is 2.87. The smallest absolute Gasteiger partial charge is 0.0951 e. The van der Waals surface area contributed by atoms with Crippen molar-refractivity contribution in [2.75, 3.05) is 13.1 Å². The Morgan fingerprint density at radius 3 is 3.12 bits per heavy atom. The van der Waals surface area contributed by atoms with Crippen LogP contribution in [0.3, 0.4) is 0 Å². The van der Waals surface area contributed by atoms with Crippen molar-refractivity contribution in [1.82, 2.24) is 5.32 Å². The van der Waals surface area contributed by atoms with Gasteiger partial charge in [0.2, 0.25) is 0 Å². The predicted molar refractivity (Wildman–Crippen MR) is 64.6 cm³/mol. The molecule has 2 aliphatic heterocycles. The first-order valence-corrected chi connectivity index (χ1v) is 6.32. The van der Waals surface area contributed by atoms with Crippen LogP contribution < -0.4 is 5.32 Å². The van der Waals surface area contributed by atoms with Crippen LogP contribution in [0.25, 0.3) is 0 Å². The first kappa shape index (κ1) is 10.6. The van der Waals surface area contributed by atoms with Crippen molar-refractivity contribution < 1.29 is 4.74 Å². The van der Waals surface area contributed by atoms with Crippen molar-refractivity contribution >= 4 is 11.6 Å². The van der Waals surface area contributed by atoms with Crippen LogP contribution in [0.15, 0.2) is 18.2 Å². The van der Waals surface area contributed by atoms with Gasteiger partial charge in [-0.2, -0.15) is 0 Å². The van der Waals surface area contributed by atoms with Gasteiger partial charge in [-0.25, -0.2) is 0 Å². The lowest BCUT2D eigenvalue weighted by Crippen LogP contribution is -2.26. The fourth-order valence-corrected chi connectivity index (χ4v) is 3.07. The van der Waals surface area contributed by atoms with Gasteiger partial charge in [0.25, 0.3) is 0 Å². The molecule has 1 N–H and O–H groups in total. The molecule has 3 heteroatoms. The van der Waals surface area contributed by atoms with Crippen LogP contribution in [0.5, 0.6) is 0 Å². The second-order valence-electron chi connectivity index (χ2n) is 4.69. The molecule has 1 unspecified atom stereocenters. The van der Waals surface area contributed by atoms with E-state index in [1.165, 1.54) is 17.5 Å². The zero-order valence-corrected chi connectivity index (χ0v) is 10.0. The topological polar surface area (TPSA) is 21.3 Å². The van der Waals surface area contributed by atoms with Gasteiger partial charge in [0.15, 0.2) is 0 Å². The summed E-state index contributed by atoms with van der Waals surface area (Å²) in [4.78, 5) is 0. The summed E-state index contributed by atoms with van der Waals surface area (Å²) in [5.41, 5.74) is 2.60. The Bertz CT molecular complexity index is 397. The summed E-state index contributed by atoms with van der Waals surface area (Å²) in [6.07, 6.45) is 3.37. The maximum absolute atomic E-state index is 6.09. The molecule has 2 aliphatic rings. The third kappa shape index (κ3) is 1.65. The Balaban J connectivity index is 2.00. The van der Waals surface area contributed by atoms with Crippen LogP contribution in [0.2, 0.25) is 5.02 Å². The minimum Gasteiger partial charge on any atom is -0.366 e. The van der Waals surface area contributed by atoms with E-state index in [-0.39, 0.29) is 5.60 Å². The molecule has 0 bridgehead atoms. The lowest BCUT2D eigenvalue weighted by atomic mass is 9.86. The fraction of sp³-hybridized carbons (Fsp3) is 0.538. The lowest BCUT2D eigenvalue weighted by Gasteiger charge is -2.27. The molecule has 3 rings (SSSR count). The monoisotopic (exact) mass is 237 g/mol. The van der Waals surface area contributed by atoms with Crippen LogP contribution in [-0.2, 0) is 16.9 Å². The number of rotatable bonds is 0. The molecule has 1 aromatic carbocycles. The number of fused-ring (bicyclic) bond motifs is 2. The summed E-state index contributed by atoms with van der Waals surface area (Å²) in [6, 6.07) is 6.18. The number of halogens is 1. The van der Waals surface area contributed by atoms with Crippen molar-refractivity contribution in [1.29, 1.82) is 0 Å². The van der Waals surface area contributed by atoms with E-state index in [1.807, 2.05) is 12.1 Å². The highest BCUT2D eigenvalue weighted by molar-refractivity contribution is 6.30. The Morgan fingerprint density at radius 1 is 1.25 bits per heavy atom. The molecule has 1 spiro atoms. The molecule has 86 valence electrons. The van der Waals surface area contributed by atoms with Gasteiger partial charge in [0, 0.05) is 5.02 Å². The first-order valence-electron chi connectivity index (χ1n) is 5.94. The van der Waals surface area contributed by atoms with Gasteiger partial charge in [-0.3, -0.25) is 0 Å². The highest BCUT2D eigenvalue weighted by Crippen LogP contribution is 2.43. The van der Waals surface area contributed by atoms with E-state index in [0.717, 1.165) is 37.6 Å². The molecule has 0 aliphatic carbocycles. The Labute approximate surface area is 101 Å². The molecular formula is C13H16ClNO. The van der Waals surface area contributed by atoms with Gasteiger partial charge in [0.05, 0.1) is 12.2 Å². The first-order chi connectivity index (χ1) is 7.80. The van der Waals surface area contributed by atoms with Gasteiger partial charge in [-0.1, -0.05) is 17.7 Å². The standard InChI is InChI=1S/C13H16ClNO/c14-11-2-3-12-10(8-11)9-16-13(12)4-1-6-15-7-5-13/h2-3,8,15H,1,4-7,9H2. The van der Waals surface area contributed by atoms with E-state index < -0.39 is 0 Å². The zero-order chi connectivity index (χ0) is 11.0. The minimum atomic E-state index is -0.0383. The number of hydrogen-bond acceptors (Lipinski definition) is 2. The number of hydrogen-bond donors (Lipinski definition) is 1. The van der Waals surface area contributed by atoms with Crippen LogP contribution in [0.4, 0.5) is 0 Å². The van der Waals surface area contributed by atoms with Gasteiger partial charge in [-0.15, -0.1) is 0 Å². The highest BCUT2D eigenvalue weighted by atomic mass is 35.5. The third-order valence-corrected chi connectivity index (χ3v) is 3.94. The molecule has 1 fully saturated rings. The second-order valence-corrected chi connectivity index (χ2v) is 5.12. The average Bonchev–Trinajstić information content (AvgIpc) is 2.48. The van der Waals surface area contributed by atoms with Gasteiger partial charge >= 0.3 is 0 Å². The summed E-state index contributed by atoms with van der Waals surface area (Å²) in [7, 11) is 0. The molecule has 0 saturated carbocycles. The second kappa shape index (κ2) is 4.02. The van der Waals surface area contributed by atoms with Crippen LogP contribution >= 0.6 is 11.6 Å². The molecule has 1 saturated heterocycles. The van der Waals surface area contributed by atoms with Crippen molar-refractivity contribution in [2.24, 2.45) is 0 Å². The minimum absolute atomic E-state index is 0.0383. The van der Waals surface area contributed by atoms with Crippen LogP contribution in [0.1, 0.15) is 30.4 Å². The molecule has 2 heterocycles. The van der Waals surface area contributed by atoms with Crippen LogP contribution in [-0.4, -0.2) is 13.1 Å². The molecular weight excluding hydrogens is 222 g/mol. The third-order valence-electron chi connectivity index (χ3n) is 3.70. The number of nitrogens with one attached hydrogen (secondary N) is 1. The van der Waals surface area contributed by atoms with Gasteiger partial charge in [0.1, 0.15) is 0 Å². The maximum atomic E-state index is 6.09. The Kier molecular flexibility index (Phi) is 2.66. The molecule has 1 aromatic rings. The Hall–Kier alpha value is -0.570. The molecule has 0 aromatic heterocycles. The van der Waals surface area contributed by atoms with Crippen LogP contribution in [0, 0.1) is 0 Å². The molecule has 0 amide bonds. The molecule has 1 atom stereocenters. The average molecular weight is 238 g/mol. The summed E-state index contributed by atoms with van der Waals surface area (Å²) in [6.45, 7) is 2.87. The van der Waals surface area contributed by atoms with Crippen molar-refractivity contribution in [3.8, 4) is 0 Å². The molecule has 0 radical (unpaired) electrons. The Morgan fingerprint density at radius 2 is 2.19 bits per heavy atom. The number of ether oxygens (including phenoxy) is 1. The van der Waals surface area contributed by atoms with Gasteiger partial charge < -0.3 is 10.1 Å². The largest absolute Gasteiger partial charge is 0.366 e. The normalized spacial score (nSPS) is 29.1. The SMILES string of the molecule is Clc1ccc2c(c1)COC21CCCNCC1. The van der Waals surface area contributed by atoms with Crippen molar-refractivity contribution in [3.63, 3.8) is 0 Å². The quantitative estimate of drug-likeness (QED) is 0.749.